The molecule has 0 aliphatic rings. The normalized spacial score (nSPS) is 11.8. The maximum absolute atomic E-state index is 12.3. The van der Waals surface area contributed by atoms with Crippen LogP contribution in [-0.4, -0.2) is 42.5 Å². The molecule has 0 radical (unpaired) electrons. The number of hydrogen-bond donors (Lipinski definition) is 4. The number of rotatable bonds is 9. The van der Waals surface area contributed by atoms with Gasteiger partial charge >= 0.3 is 7.82 Å². The largest absolute Gasteiger partial charge is 0.492 e. The lowest BCUT2D eigenvalue weighted by Crippen LogP contribution is -2.18. The van der Waals surface area contributed by atoms with Crippen LogP contribution in [-0.2, 0) is 22.1 Å². The van der Waals surface area contributed by atoms with E-state index in [1.165, 1.54) is 0 Å². The minimum Gasteiger partial charge on any atom is -0.492 e. The van der Waals surface area contributed by atoms with E-state index in [0.29, 0.717) is 29.6 Å². The highest BCUT2D eigenvalue weighted by atomic mass is 35.5. The van der Waals surface area contributed by atoms with Crippen molar-refractivity contribution in [3.63, 3.8) is 0 Å². The fourth-order valence-corrected chi connectivity index (χ4v) is 3.23. The van der Waals surface area contributed by atoms with E-state index in [9.17, 15) is 9.36 Å². The molecule has 0 amide bonds. The van der Waals surface area contributed by atoms with Crippen molar-refractivity contribution in [3.8, 4) is 5.75 Å². The molecule has 0 aliphatic heterocycles. The first kappa shape index (κ1) is 21.3. The Kier molecular flexibility index (Phi) is 6.56. The van der Waals surface area contributed by atoms with Gasteiger partial charge in [-0.15, -0.1) is 0 Å². The number of phosphoric ester groups is 1. The third-order valence-corrected chi connectivity index (χ3v) is 4.68. The van der Waals surface area contributed by atoms with Crippen molar-refractivity contribution in [1.82, 2.24) is 19.5 Å². The Labute approximate surface area is 169 Å². The summed E-state index contributed by atoms with van der Waals surface area (Å²) >= 11 is 5.85. The summed E-state index contributed by atoms with van der Waals surface area (Å²) in [5, 5.41) is 0.591. The molecular weight excluding hydrogens is 425 g/mol. The average Bonchev–Trinajstić information content (AvgIpc) is 2.97. The number of aromatic nitrogens is 4. The Bertz CT molecular complexity index is 1090. The van der Waals surface area contributed by atoms with E-state index >= 15 is 0 Å². The van der Waals surface area contributed by atoms with Crippen molar-refractivity contribution in [2.45, 2.75) is 19.4 Å². The van der Waals surface area contributed by atoms with Crippen molar-refractivity contribution in [2.75, 3.05) is 18.9 Å². The number of H-pyrrole nitrogens is 1. The highest BCUT2D eigenvalue weighted by Gasteiger charge is 2.17. The molecule has 0 atom stereocenters. The molecule has 0 unspecified atom stereocenters. The molecule has 13 heteroatoms. The van der Waals surface area contributed by atoms with Crippen LogP contribution in [0.25, 0.3) is 11.2 Å². The number of fused-ring (bicyclic) bond motifs is 1. The van der Waals surface area contributed by atoms with Crippen LogP contribution in [0.3, 0.4) is 0 Å². The Morgan fingerprint density at radius 1 is 1.21 bits per heavy atom. The van der Waals surface area contributed by atoms with Gasteiger partial charge in [0.05, 0.1) is 13.2 Å². The fraction of sp³-hybridized carbons (Fsp3) is 0.312. The maximum Gasteiger partial charge on any atom is 0.469 e. The smallest absolute Gasteiger partial charge is 0.469 e. The summed E-state index contributed by atoms with van der Waals surface area (Å²) in [5.41, 5.74) is 5.57. The molecular formula is C16H19ClN5O6P. The first-order valence-corrected chi connectivity index (χ1v) is 10.5. The van der Waals surface area contributed by atoms with E-state index in [0.717, 1.165) is 0 Å². The number of imidazole rings is 1. The van der Waals surface area contributed by atoms with Gasteiger partial charge in [0, 0.05) is 11.4 Å². The third-order valence-electron chi connectivity index (χ3n) is 3.91. The first-order chi connectivity index (χ1) is 13.7. The molecule has 0 spiro atoms. The van der Waals surface area contributed by atoms with Crippen molar-refractivity contribution >= 4 is 36.5 Å². The van der Waals surface area contributed by atoms with Gasteiger partial charge in [-0.05, 0) is 30.7 Å². The van der Waals surface area contributed by atoms with Crippen LogP contribution < -0.4 is 16.0 Å². The summed E-state index contributed by atoms with van der Waals surface area (Å²) in [6, 6.07) is 6.86. The summed E-state index contributed by atoms with van der Waals surface area (Å²) in [6.45, 7) is 0.367. The molecule has 1 aromatic carbocycles. The Morgan fingerprint density at radius 2 is 1.93 bits per heavy atom. The highest BCUT2D eigenvalue weighted by Crippen LogP contribution is 2.35. The van der Waals surface area contributed by atoms with Crippen LogP contribution in [0.1, 0.15) is 12.2 Å². The number of nitrogens with two attached hydrogens (primary N) is 1. The Balaban J connectivity index is 1.77. The molecule has 3 rings (SSSR count). The topological polar surface area (TPSA) is 166 Å². The SMILES string of the molecule is Nc1nc2nc(CCCOP(=O)(O)O)n(CCOc3ccc(Cl)cc3)c2c(=O)[nH]1. The summed E-state index contributed by atoms with van der Waals surface area (Å²) in [5.74, 6) is 1.06. The monoisotopic (exact) mass is 443 g/mol. The zero-order valence-electron chi connectivity index (χ0n) is 15.1. The van der Waals surface area contributed by atoms with Gasteiger partial charge in [-0.25, -0.2) is 9.55 Å². The number of aromatic amines is 1. The molecule has 0 saturated heterocycles. The lowest BCUT2D eigenvalue weighted by atomic mass is 10.3. The molecule has 29 heavy (non-hydrogen) atoms. The Morgan fingerprint density at radius 3 is 2.62 bits per heavy atom. The number of nitrogens with one attached hydrogen (secondary N) is 1. The van der Waals surface area contributed by atoms with Crippen molar-refractivity contribution in [1.29, 1.82) is 0 Å². The fourth-order valence-electron chi connectivity index (χ4n) is 2.74. The third kappa shape index (κ3) is 5.78. The second-order valence-corrected chi connectivity index (χ2v) is 7.71. The van der Waals surface area contributed by atoms with Crippen LogP contribution in [0, 0.1) is 0 Å². The van der Waals surface area contributed by atoms with Crippen molar-refractivity contribution in [3.05, 3.63) is 45.5 Å². The summed E-state index contributed by atoms with van der Waals surface area (Å²) in [6.07, 6.45) is 0.580. The number of ether oxygens (including phenoxy) is 1. The van der Waals surface area contributed by atoms with E-state index in [1.54, 1.807) is 28.8 Å². The number of halogens is 1. The van der Waals surface area contributed by atoms with Crippen molar-refractivity contribution in [2.24, 2.45) is 0 Å². The Hall–Kier alpha value is -2.43. The number of nitrogen functional groups attached to an aromatic ring is 1. The van der Waals surface area contributed by atoms with E-state index in [-0.39, 0.29) is 36.7 Å². The van der Waals surface area contributed by atoms with Crippen LogP contribution in [0.5, 0.6) is 5.75 Å². The first-order valence-electron chi connectivity index (χ1n) is 8.56. The maximum atomic E-state index is 12.3. The van der Waals surface area contributed by atoms with E-state index < -0.39 is 13.4 Å². The number of hydrogen-bond acceptors (Lipinski definition) is 7. The number of benzene rings is 1. The standard InChI is InChI=1S/C16H19ClN5O6P/c17-10-3-5-11(6-4-10)27-9-7-22-12(2-1-8-28-29(24,25)26)19-14-13(22)15(23)21-16(18)20-14/h3-6H,1-2,7-9H2,(H2,24,25,26)(H3,18,20,21,23). The van der Waals surface area contributed by atoms with Gasteiger partial charge in [-0.1, -0.05) is 11.6 Å². The molecule has 0 saturated carbocycles. The summed E-state index contributed by atoms with van der Waals surface area (Å²) in [4.78, 5) is 40.7. The van der Waals surface area contributed by atoms with Gasteiger partial charge in [-0.3, -0.25) is 14.3 Å². The molecule has 2 heterocycles. The molecule has 156 valence electrons. The highest BCUT2D eigenvalue weighted by molar-refractivity contribution is 7.46. The quantitative estimate of drug-likeness (QED) is 0.283. The van der Waals surface area contributed by atoms with E-state index in [1.807, 2.05) is 0 Å². The zero-order valence-corrected chi connectivity index (χ0v) is 16.8. The van der Waals surface area contributed by atoms with Crippen LogP contribution in [0.2, 0.25) is 5.02 Å². The second kappa shape index (κ2) is 8.93. The molecule has 2 aromatic heterocycles. The molecule has 5 N–H and O–H groups in total. The number of phosphoric acid groups is 1. The van der Waals surface area contributed by atoms with Gasteiger partial charge in [0.1, 0.15) is 18.2 Å². The van der Waals surface area contributed by atoms with E-state index in [4.69, 9.17) is 31.9 Å². The summed E-state index contributed by atoms with van der Waals surface area (Å²) in [7, 11) is -4.54. The molecule has 0 fully saturated rings. The minimum atomic E-state index is -4.54. The summed E-state index contributed by atoms with van der Waals surface area (Å²) < 4.78 is 22.6. The van der Waals surface area contributed by atoms with Crippen molar-refractivity contribution < 1.29 is 23.6 Å². The van der Waals surface area contributed by atoms with Gasteiger partial charge in [0.25, 0.3) is 5.56 Å². The molecule has 0 bridgehead atoms. The number of nitrogens with zero attached hydrogens (tertiary/aromatic N) is 3. The lowest BCUT2D eigenvalue weighted by molar-refractivity contribution is 0.194. The predicted octanol–water partition coefficient (Wildman–Crippen LogP) is 1.48. The predicted molar refractivity (Wildman–Crippen MR) is 106 cm³/mol. The second-order valence-electron chi connectivity index (χ2n) is 6.03. The van der Waals surface area contributed by atoms with Crippen LogP contribution in [0.4, 0.5) is 5.95 Å². The van der Waals surface area contributed by atoms with Gasteiger partial charge < -0.3 is 24.8 Å². The molecule has 3 aromatic rings. The van der Waals surface area contributed by atoms with Gasteiger partial charge in [0.2, 0.25) is 5.95 Å². The average molecular weight is 444 g/mol. The van der Waals surface area contributed by atoms with Gasteiger partial charge in [0.15, 0.2) is 11.2 Å². The number of aryl methyl sites for hydroxylation is 1. The minimum absolute atomic E-state index is 0.0547. The molecule has 0 aliphatic carbocycles. The zero-order chi connectivity index (χ0) is 21.0. The van der Waals surface area contributed by atoms with E-state index in [2.05, 4.69) is 19.5 Å². The van der Waals surface area contributed by atoms with Crippen LogP contribution >= 0.6 is 19.4 Å². The lowest BCUT2D eigenvalue weighted by Gasteiger charge is -2.11. The van der Waals surface area contributed by atoms with Crippen LogP contribution in [0.15, 0.2) is 29.1 Å². The number of anilines is 1. The molecule has 11 nitrogen and oxygen atoms in total. The van der Waals surface area contributed by atoms with Gasteiger partial charge in [-0.2, -0.15) is 4.98 Å².